The van der Waals surface area contributed by atoms with E-state index in [-0.39, 0.29) is 6.04 Å². The fraction of sp³-hybridized carbons (Fsp3) is 0.138. The van der Waals surface area contributed by atoms with Gasteiger partial charge in [0.2, 0.25) is 0 Å². The SMILES string of the molecule is Cc1cn(-c2cccc(C(Cc3ccccc3)NCc3ccccc3)n2)c2ccccc12. The van der Waals surface area contributed by atoms with Gasteiger partial charge >= 0.3 is 0 Å². The molecule has 0 saturated heterocycles. The molecule has 3 aromatic carbocycles. The maximum atomic E-state index is 5.12. The van der Waals surface area contributed by atoms with Gasteiger partial charge in [0.05, 0.1) is 17.3 Å². The van der Waals surface area contributed by atoms with Gasteiger partial charge in [-0.15, -0.1) is 0 Å². The Morgan fingerprint density at radius 3 is 2.22 bits per heavy atom. The number of aromatic nitrogens is 2. The molecule has 0 radical (unpaired) electrons. The first-order valence-corrected chi connectivity index (χ1v) is 11.1. The number of rotatable bonds is 7. The summed E-state index contributed by atoms with van der Waals surface area (Å²) in [7, 11) is 0. The van der Waals surface area contributed by atoms with Crippen molar-refractivity contribution in [2.75, 3.05) is 0 Å². The Bertz CT molecular complexity index is 1310. The van der Waals surface area contributed by atoms with Crippen LogP contribution in [0.15, 0.2) is 109 Å². The van der Waals surface area contributed by atoms with Crippen LogP contribution in [0, 0.1) is 6.92 Å². The van der Waals surface area contributed by atoms with Crippen molar-refractivity contribution in [3.8, 4) is 5.82 Å². The normalized spacial score (nSPS) is 12.2. The molecule has 158 valence electrons. The second-order valence-electron chi connectivity index (χ2n) is 8.23. The lowest BCUT2D eigenvalue weighted by molar-refractivity contribution is 0.518. The van der Waals surface area contributed by atoms with Crippen LogP contribution in [0.3, 0.4) is 0 Å². The van der Waals surface area contributed by atoms with E-state index in [9.17, 15) is 0 Å². The summed E-state index contributed by atoms with van der Waals surface area (Å²) in [6.07, 6.45) is 3.07. The highest BCUT2D eigenvalue weighted by molar-refractivity contribution is 5.85. The summed E-state index contributed by atoms with van der Waals surface area (Å²) >= 11 is 0. The summed E-state index contributed by atoms with van der Waals surface area (Å²) in [6, 6.07) is 36.1. The van der Waals surface area contributed by atoms with Crippen molar-refractivity contribution in [3.63, 3.8) is 0 Å². The summed E-state index contributed by atoms with van der Waals surface area (Å²) in [4.78, 5) is 5.12. The molecule has 5 aromatic rings. The third-order valence-corrected chi connectivity index (χ3v) is 5.95. The predicted molar refractivity (Wildman–Crippen MR) is 132 cm³/mol. The highest BCUT2D eigenvalue weighted by Gasteiger charge is 2.15. The van der Waals surface area contributed by atoms with E-state index in [0.29, 0.717) is 0 Å². The molecule has 5 rings (SSSR count). The molecule has 2 heterocycles. The van der Waals surface area contributed by atoms with Gasteiger partial charge in [-0.25, -0.2) is 4.98 Å². The van der Waals surface area contributed by atoms with E-state index in [2.05, 4.69) is 126 Å². The Balaban J connectivity index is 1.49. The minimum Gasteiger partial charge on any atom is -0.304 e. The van der Waals surface area contributed by atoms with Crippen LogP contribution in [-0.2, 0) is 13.0 Å². The molecule has 0 amide bonds. The van der Waals surface area contributed by atoms with Crippen LogP contribution in [-0.4, -0.2) is 9.55 Å². The first-order valence-electron chi connectivity index (χ1n) is 11.1. The number of nitrogens with one attached hydrogen (secondary N) is 1. The molecular formula is C29H27N3. The highest BCUT2D eigenvalue weighted by atomic mass is 15.1. The van der Waals surface area contributed by atoms with Gasteiger partial charge in [0.25, 0.3) is 0 Å². The number of hydrogen-bond donors (Lipinski definition) is 1. The first-order chi connectivity index (χ1) is 15.8. The van der Waals surface area contributed by atoms with Gasteiger partial charge in [-0.05, 0) is 48.2 Å². The van der Waals surface area contributed by atoms with Crippen LogP contribution >= 0.6 is 0 Å². The van der Waals surface area contributed by atoms with E-state index in [0.717, 1.165) is 24.5 Å². The molecule has 1 N–H and O–H groups in total. The molecule has 0 fully saturated rings. The third-order valence-electron chi connectivity index (χ3n) is 5.95. The Labute approximate surface area is 189 Å². The minimum atomic E-state index is 0.112. The quantitative estimate of drug-likeness (QED) is 0.332. The number of hydrogen-bond acceptors (Lipinski definition) is 2. The molecule has 1 atom stereocenters. The molecule has 1 unspecified atom stereocenters. The number of aryl methyl sites for hydroxylation is 1. The molecule has 0 saturated carbocycles. The lowest BCUT2D eigenvalue weighted by atomic mass is 10.0. The molecule has 2 aromatic heterocycles. The van der Waals surface area contributed by atoms with Crippen molar-refractivity contribution in [1.29, 1.82) is 0 Å². The van der Waals surface area contributed by atoms with Crippen molar-refractivity contribution < 1.29 is 0 Å². The van der Waals surface area contributed by atoms with Gasteiger partial charge in [0.1, 0.15) is 5.82 Å². The van der Waals surface area contributed by atoms with E-state index < -0.39 is 0 Å². The number of para-hydroxylation sites is 1. The predicted octanol–water partition coefficient (Wildman–Crippen LogP) is 6.41. The largest absolute Gasteiger partial charge is 0.304 e. The zero-order valence-electron chi connectivity index (χ0n) is 18.3. The van der Waals surface area contributed by atoms with Crippen molar-refractivity contribution in [1.82, 2.24) is 14.9 Å². The fourth-order valence-electron chi connectivity index (χ4n) is 4.28. The molecule has 0 bridgehead atoms. The monoisotopic (exact) mass is 417 g/mol. The zero-order chi connectivity index (χ0) is 21.8. The standard InChI is InChI=1S/C29H27N3/c1-22-21-32(28-17-9-8-15-25(22)28)29-18-10-16-26(31-29)27(19-23-11-4-2-5-12-23)30-20-24-13-6-3-7-14-24/h2-18,21,27,30H,19-20H2,1H3. The maximum absolute atomic E-state index is 5.12. The maximum Gasteiger partial charge on any atom is 0.137 e. The smallest absolute Gasteiger partial charge is 0.137 e. The van der Waals surface area contributed by atoms with E-state index in [1.54, 1.807) is 0 Å². The zero-order valence-corrected chi connectivity index (χ0v) is 18.3. The van der Waals surface area contributed by atoms with E-state index in [1.807, 2.05) is 0 Å². The highest BCUT2D eigenvalue weighted by Crippen LogP contribution is 2.25. The van der Waals surface area contributed by atoms with Gasteiger partial charge in [0, 0.05) is 18.1 Å². The summed E-state index contributed by atoms with van der Waals surface area (Å²) in [5, 5.41) is 5.02. The van der Waals surface area contributed by atoms with Gasteiger partial charge in [-0.1, -0.05) is 84.9 Å². The first kappa shape index (κ1) is 20.2. The number of benzene rings is 3. The van der Waals surface area contributed by atoms with Crippen molar-refractivity contribution in [2.45, 2.75) is 25.9 Å². The summed E-state index contributed by atoms with van der Waals surface area (Å²) in [6.45, 7) is 2.96. The fourth-order valence-corrected chi connectivity index (χ4v) is 4.28. The van der Waals surface area contributed by atoms with Crippen LogP contribution in [0.4, 0.5) is 0 Å². The Morgan fingerprint density at radius 2 is 1.44 bits per heavy atom. The lowest BCUT2D eigenvalue weighted by Gasteiger charge is -2.20. The van der Waals surface area contributed by atoms with E-state index >= 15 is 0 Å². The van der Waals surface area contributed by atoms with Crippen molar-refractivity contribution >= 4 is 10.9 Å². The number of fused-ring (bicyclic) bond motifs is 1. The summed E-state index contributed by atoms with van der Waals surface area (Å²) in [5.74, 6) is 0.950. The van der Waals surface area contributed by atoms with Crippen LogP contribution in [0.25, 0.3) is 16.7 Å². The van der Waals surface area contributed by atoms with Crippen molar-refractivity contribution in [3.05, 3.63) is 132 Å². The lowest BCUT2D eigenvalue weighted by Crippen LogP contribution is -2.24. The average Bonchev–Trinajstić information content (AvgIpc) is 3.20. The van der Waals surface area contributed by atoms with Gasteiger partial charge < -0.3 is 9.88 Å². The Hall–Kier alpha value is -3.69. The van der Waals surface area contributed by atoms with Crippen molar-refractivity contribution in [2.24, 2.45) is 0 Å². The van der Waals surface area contributed by atoms with Gasteiger partial charge in [-0.3, -0.25) is 0 Å². The number of pyridine rings is 1. The van der Waals surface area contributed by atoms with Gasteiger partial charge in [-0.2, -0.15) is 0 Å². The van der Waals surface area contributed by atoms with E-state index in [1.165, 1.54) is 27.6 Å². The molecule has 0 aliphatic heterocycles. The molecule has 0 aliphatic carbocycles. The number of nitrogens with zero attached hydrogens (tertiary/aromatic N) is 2. The van der Waals surface area contributed by atoms with Crippen LogP contribution in [0.2, 0.25) is 0 Å². The Morgan fingerprint density at radius 1 is 0.750 bits per heavy atom. The third kappa shape index (κ3) is 4.34. The minimum absolute atomic E-state index is 0.112. The summed E-state index contributed by atoms with van der Waals surface area (Å²) in [5.41, 5.74) is 6.07. The second-order valence-corrected chi connectivity index (χ2v) is 8.23. The molecule has 32 heavy (non-hydrogen) atoms. The average molecular weight is 418 g/mol. The van der Waals surface area contributed by atoms with E-state index in [4.69, 9.17) is 4.98 Å². The van der Waals surface area contributed by atoms with Crippen LogP contribution in [0.5, 0.6) is 0 Å². The molecule has 3 nitrogen and oxygen atoms in total. The topological polar surface area (TPSA) is 29.9 Å². The molecule has 0 spiro atoms. The summed E-state index contributed by atoms with van der Waals surface area (Å²) < 4.78 is 2.20. The molecule has 0 aliphatic rings. The van der Waals surface area contributed by atoms with Crippen LogP contribution in [0.1, 0.15) is 28.4 Å². The molecular weight excluding hydrogens is 390 g/mol. The van der Waals surface area contributed by atoms with Crippen LogP contribution < -0.4 is 5.32 Å². The molecule has 3 heteroatoms. The second kappa shape index (κ2) is 9.21. The van der Waals surface area contributed by atoms with Gasteiger partial charge in [0.15, 0.2) is 0 Å². The Kier molecular flexibility index (Phi) is 5.82.